The number of Topliss-reactive ketones (excluding diaryl/α,β-unsaturated/α-hetero) is 1. The number of nitrogens with two attached hydrogens (primary N) is 1. The Bertz CT molecular complexity index is 718. The van der Waals surface area contributed by atoms with E-state index in [4.69, 9.17) is 5.73 Å². The Morgan fingerprint density at radius 3 is 2.65 bits per heavy atom. The average molecular weight is 310 g/mol. The summed E-state index contributed by atoms with van der Waals surface area (Å²) in [6, 6.07) is 9.03. The summed E-state index contributed by atoms with van der Waals surface area (Å²) in [4.78, 5) is 34.6. The molecule has 118 valence electrons. The van der Waals surface area contributed by atoms with Crippen LogP contribution < -0.4 is 5.73 Å². The molecule has 1 amide bonds. The van der Waals surface area contributed by atoms with Gasteiger partial charge in [-0.2, -0.15) is 0 Å². The van der Waals surface area contributed by atoms with Gasteiger partial charge in [-0.25, -0.2) is 9.97 Å². The van der Waals surface area contributed by atoms with Crippen LogP contribution in [0.4, 0.5) is 5.82 Å². The van der Waals surface area contributed by atoms with Gasteiger partial charge in [0.05, 0.1) is 0 Å². The molecular weight excluding hydrogens is 292 g/mol. The van der Waals surface area contributed by atoms with Crippen molar-refractivity contribution in [1.82, 2.24) is 14.9 Å². The highest BCUT2D eigenvalue weighted by Gasteiger charge is 2.32. The van der Waals surface area contributed by atoms with Gasteiger partial charge in [-0.05, 0) is 12.8 Å². The number of ketones is 1. The highest BCUT2D eigenvalue weighted by molar-refractivity contribution is 5.99. The number of anilines is 1. The van der Waals surface area contributed by atoms with Gasteiger partial charge in [0.15, 0.2) is 17.3 Å². The minimum Gasteiger partial charge on any atom is -0.382 e. The molecule has 6 heteroatoms. The molecule has 1 saturated heterocycles. The van der Waals surface area contributed by atoms with Crippen molar-refractivity contribution in [2.24, 2.45) is 0 Å². The van der Waals surface area contributed by atoms with Crippen LogP contribution in [0.1, 0.15) is 40.1 Å². The van der Waals surface area contributed by atoms with E-state index in [0.717, 1.165) is 12.8 Å². The van der Waals surface area contributed by atoms with Gasteiger partial charge in [0, 0.05) is 37.0 Å². The molecule has 2 aromatic rings. The van der Waals surface area contributed by atoms with Crippen molar-refractivity contribution in [3.8, 4) is 0 Å². The van der Waals surface area contributed by atoms with Crippen molar-refractivity contribution in [3.63, 3.8) is 0 Å². The Kier molecular flexibility index (Phi) is 4.32. The normalized spacial score (nSPS) is 17.2. The number of amides is 1. The molecule has 1 aromatic heterocycles. The molecule has 1 aliphatic heterocycles. The predicted molar refractivity (Wildman–Crippen MR) is 85.9 cm³/mol. The van der Waals surface area contributed by atoms with Crippen LogP contribution in [0.2, 0.25) is 0 Å². The van der Waals surface area contributed by atoms with Crippen LogP contribution in [0.25, 0.3) is 0 Å². The minimum absolute atomic E-state index is 0.0439. The first-order chi connectivity index (χ1) is 11.2. The number of likely N-dealkylation sites (tertiary alicyclic amines) is 1. The number of nitrogen functional groups attached to an aromatic ring is 1. The second kappa shape index (κ2) is 6.56. The fraction of sp³-hybridized carbons (Fsp3) is 0.294. The van der Waals surface area contributed by atoms with Gasteiger partial charge < -0.3 is 10.6 Å². The summed E-state index contributed by atoms with van der Waals surface area (Å²) in [7, 11) is 0. The molecular formula is C17H18N4O2. The standard InChI is InChI=1S/C17H18N4O2/c18-16-15(19-8-9-20-16)17(23)21-10-4-7-13(21)11-14(22)12-5-2-1-3-6-12/h1-3,5-6,8-9,13H,4,7,10-11H2,(H2,18,20). The Labute approximate surface area is 134 Å². The van der Waals surface area contributed by atoms with E-state index in [-0.39, 0.29) is 29.2 Å². The monoisotopic (exact) mass is 310 g/mol. The number of nitrogens with zero attached hydrogens (tertiary/aromatic N) is 3. The van der Waals surface area contributed by atoms with Crippen LogP contribution in [0.3, 0.4) is 0 Å². The molecule has 1 aliphatic rings. The van der Waals surface area contributed by atoms with Crippen molar-refractivity contribution >= 4 is 17.5 Å². The molecule has 2 heterocycles. The Morgan fingerprint density at radius 1 is 1.17 bits per heavy atom. The molecule has 1 fully saturated rings. The third-order valence-corrected chi connectivity index (χ3v) is 4.08. The maximum Gasteiger partial charge on any atom is 0.276 e. The van der Waals surface area contributed by atoms with E-state index in [1.165, 1.54) is 12.4 Å². The van der Waals surface area contributed by atoms with E-state index < -0.39 is 0 Å². The zero-order valence-electron chi connectivity index (χ0n) is 12.7. The van der Waals surface area contributed by atoms with Crippen molar-refractivity contribution in [2.45, 2.75) is 25.3 Å². The van der Waals surface area contributed by atoms with Crippen LogP contribution >= 0.6 is 0 Å². The molecule has 0 spiro atoms. The summed E-state index contributed by atoms with van der Waals surface area (Å²) in [5, 5.41) is 0. The zero-order chi connectivity index (χ0) is 16.2. The van der Waals surface area contributed by atoms with Gasteiger partial charge in [0.25, 0.3) is 5.91 Å². The van der Waals surface area contributed by atoms with Crippen LogP contribution in [0.15, 0.2) is 42.7 Å². The lowest BCUT2D eigenvalue weighted by Gasteiger charge is -2.24. The Morgan fingerprint density at radius 2 is 1.91 bits per heavy atom. The van der Waals surface area contributed by atoms with Gasteiger partial charge in [0.1, 0.15) is 0 Å². The first kappa shape index (κ1) is 15.1. The lowest BCUT2D eigenvalue weighted by Crippen LogP contribution is -2.37. The van der Waals surface area contributed by atoms with E-state index in [2.05, 4.69) is 9.97 Å². The van der Waals surface area contributed by atoms with E-state index in [9.17, 15) is 9.59 Å². The summed E-state index contributed by atoms with van der Waals surface area (Å²) in [5.41, 5.74) is 6.57. The van der Waals surface area contributed by atoms with Crippen molar-refractivity contribution in [1.29, 1.82) is 0 Å². The predicted octanol–water partition coefficient (Wildman–Crippen LogP) is 1.94. The maximum absolute atomic E-state index is 12.6. The van der Waals surface area contributed by atoms with Gasteiger partial charge in [-0.1, -0.05) is 30.3 Å². The topological polar surface area (TPSA) is 89.2 Å². The first-order valence-corrected chi connectivity index (χ1v) is 7.62. The highest BCUT2D eigenvalue weighted by atomic mass is 16.2. The molecule has 1 aromatic carbocycles. The fourth-order valence-corrected chi connectivity index (χ4v) is 2.92. The number of carbonyl (C=O) groups is 2. The van der Waals surface area contributed by atoms with Crippen molar-refractivity contribution in [2.75, 3.05) is 12.3 Å². The van der Waals surface area contributed by atoms with E-state index in [0.29, 0.717) is 18.5 Å². The van der Waals surface area contributed by atoms with Crippen LogP contribution in [-0.2, 0) is 0 Å². The molecule has 0 radical (unpaired) electrons. The summed E-state index contributed by atoms with van der Waals surface area (Å²) in [5.74, 6) is -0.0843. The number of carbonyl (C=O) groups excluding carboxylic acids is 2. The summed E-state index contributed by atoms with van der Waals surface area (Å²) < 4.78 is 0. The summed E-state index contributed by atoms with van der Waals surface area (Å²) >= 11 is 0. The number of aromatic nitrogens is 2. The molecule has 6 nitrogen and oxygen atoms in total. The minimum atomic E-state index is -0.251. The number of hydrogen-bond donors (Lipinski definition) is 1. The van der Waals surface area contributed by atoms with Crippen LogP contribution in [-0.4, -0.2) is 39.1 Å². The summed E-state index contributed by atoms with van der Waals surface area (Å²) in [6.07, 6.45) is 4.90. The zero-order valence-corrected chi connectivity index (χ0v) is 12.7. The van der Waals surface area contributed by atoms with Crippen molar-refractivity contribution < 1.29 is 9.59 Å². The van der Waals surface area contributed by atoms with E-state index in [1.54, 1.807) is 17.0 Å². The largest absolute Gasteiger partial charge is 0.382 e. The van der Waals surface area contributed by atoms with E-state index in [1.807, 2.05) is 18.2 Å². The Balaban J connectivity index is 1.74. The molecule has 3 rings (SSSR count). The molecule has 0 aliphatic carbocycles. The van der Waals surface area contributed by atoms with Crippen LogP contribution in [0.5, 0.6) is 0 Å². The van der Waals surface area contributed by atoms with Gasteiger partial charge >= 0.3 is 0 Å². The maximum atomic E-state index is 12.6. The molecule has 2 N–H and O–H groups in total. The number of benzene rings is 1. The number of rotatable bonds is 4. The number of hydrogen-bond acceptors (Lipinski definition) is 5. The second-order valence-corrected chi connectivity index (χ2v) is 5.58. The Hall–Kier alpha value is -2.76. The fourth-order valence-electron chi connectivity index (χ4n) is 2.92. The van der Waals surface area contributed by atoms with Gasteiger partial charge in [0.2, 0.25) is 0 Å². The smallest absolute Gasteiger partial charge is 0.276 e. The SMILES string of the molecule is Nc1nccnc1C(=O)N1CCCC1CC(=O)c1ccccc1. The van der Waals surface area contributed by atoms with Crippen LogP contribution in [0, 0.1) is 0 Å². The average Bonchev–Trinajstić information content (AvgIpc) is 3.03. The third kappa shape index (κ3) is 3.21. The molecule has 1 atom stereocenters. The summed E-state index contributed by atoms with van der Waals surface area (Å²) in [6.45, 7) is 0.613. The highest BCUT2D eigenvalue weighted by Crippen LogP contribution is 2.24. The van der Waals surface area contributed by atoms with Gasteiger partial charge in [-0.15, -0.1) is 0 Å². The second-order valence-electron chi connectivity index (χ2n) is 5.58. The van der Waals surface area contributed by atoms with Crippen molar-refractivity contribution in [3.05, 3.63) is 54.0 Å². The van der Waals surface area contributed by atoms with E-state index >= 15 is 0 Å². The molecule has 23 heavy (non-hydrogen) atoms. The quantitative estimate of drug-likeness (QED) is 0.872. The molecule has 1 unspecified atom stereocenters. The first-order valence-electron chi connectivity index (χ1n) is 7.62. The van der Waals surface area contributed by atoms with Gasteiger partial charge in [-0.3, -0.25) is 9.59 Å². The lowest BCUT2D eigenvalue weighted by molar-refractivity contribution is 0.0712. The molecule has 0 saturated carbocycles. The third-order valence-electron chi connectivity index (χ3n) is 4.08. The lowest BCUT2D eigenvalue weighted by atomic mass is 10.0. The molecule has 0 bridgehead atoms.